The topological polar surface area (TPSA) is 13.1 Å². The van der Waals surface area contributed by atoms with E-state index in [0.29, 0.717) is 0 Å². The van der Waals surface area contributed by atoms with Gasteiger partial charge in [0.25, 0.3) is 0 Å². The molecule has 13 rings (SSSR count). The van der Waals surface area contributed by atoms with Gasteiger partial charge in [0.15, 0.2) is 0 Å². The minimum atomic E-state index is -0.205. The molecule has 0 bridgehead atoms. The Labute approximate surface area is 355 Å². The third kappa shape index (κ3) is 4.61. The highest BCUT2D eigenvalue weighted by atomic mass is 16.3. The van der Waals surface area contributed by atoms with E-state index in [0.717, 1.165) is 11.2 Å². The SMILES string of the molecule is CC1(C)c2cc(-c3ccc4c(c3)C(C)(C)c3c-4c4c5ccccc5oc4c4ccccc34)ccc2-c2ccc(-c3c4ccccc4c(-c4ccccc4)c4ccccc34)cc21. The predicted octanol–water partition coefficient (Wildman–Crippen LogP) is 16.7. The molecule has 0 saturated carbocycles. The van der Waals surface area contributed by atoms with Crippen LogP contribution in [-0.2, 0) is 10.8 Å². The molecule has 1 aromatic heterocycles. The summed E-state index contributed by atoms with van der Waals surface area (Å²) in [6.45, 7) is 9.63. The van der Waals surface area contributed by atoms with Crippen LogP contribution in [0.3, 0.4) is 0 Å². The third-order valence-corrected chi connectivity index (χ3v) is 14.4. The average Bonchev–Trinajstić information content (AvgIpc) is 3.88. The maximum absolute atomic E-state index is 6.65. The summed E-state index contributed by atoms with van der Waals surface area (Å²) >= 11 is 0. The van der Waals surface area contributed by atoms with Crippen molar-refractivity contribution in [2.75, 3.05) is 0 Å². The summed E-state index contributed by atoms with van der Waals surface area (Å²) < 4.78 is 6.65. The fraction of sp³-hybridized carbons (Fsp3) is 0.100. The second-order valence-electron chi connectivity index (χ2n) is 18.3. The van der Waals surface area contributed by atoms with Crippen LogP contribution < -0.4 is 0 Å². The van der Waals surface area contributed by atoms with Crippen molar-refractivity contribution in [3.05, 3.63) is 204 Å². The van der Waals surface area contributed by atoms with Crippen LogP contribution >= 0.6 is 0 Å². The Morgan fingerprint density at radius 3 is 1.38 bits per heavy atom. The number of benzene rings is 10. The summed E-state index contributed by atoms with van der Waals surface area (Å²) in [5, 5.41) is 10.0. The van der Waals surface area contributed by atoms with E-state index in [1.807, 2.05) is 0 Å². The molecule has 1 heterocycles. The number of para-hydroxylation sites is 1. The fourth-order valence-electron chi connectivity index (χ4n) is 11.6. The smallest absolute Gasteiger partial charge is 0.143 e. The van der Waals surface area contributed by atoms with Crippen LogP contribution in [0.2, 0.25) is 0 Å². The standard InChI is InChI=1S/C60H42O/c1-59(2)49-32-36(37-27-31-47-51(33-37)60(3,4)57-45-22-12-13-23-46(45)58-56(55(47)57)48-24-14-15-25-52(48)61-58)26-29-39(49)40-30-28-38(34-50(40)59)54-43-20-10-8-18-41(43)53(35-16-6-5-7-17-35)42-19-9-11-21-44(42)54/h5-34H,1-4H3. The van der Waals surface area contributed by atoms with Gasteiger partial charge in [-0.15, -0.1) is 0 Å². The van der Waals surface area contributed by atoms with Crippen molar-refractivity contribution in [1.82, 2.24) is 0 Å². The number of hydrogen-bond donors (Lipinski definition) is 0. The lowest BCUT2D eigenvalue weighted by atomic mass is 9.78. The van der Waals surface area contributed by atoms with E-state index in [1.165, 1.54) is 121 Å². The van der Waals surface area contributed by atoms with Crippen molar-refractivity contribution in [1.29, 1.82) is 0 Å². The summed E-state index contributed by atoms with van der Waals surface area (Å²) in [7, 11) is 0. The van der Waals surface area contributed by atoms with Crippen molar-refractivity contribution < 1.29 is 4.42 Å². The fourth-order valence-corrected chi connectivity index (χ4v) is 11.6. The van der Waals surface area contributed by atoms with Crippen molar-refractivity contribution in [3.63, 3.8) is 0 Å². The molecule has 2 aliphatic carbocycles. The Morgan fingerprint density at radius 1 is 0.328 bits per heavy atom. The summed E-state index contributed by atoms with van der Waals surface area (Å²) in [4.78, 5) is 0. The normalized spacial score (nSPS) is 14.5. The van der Waals surface area contributed by atoms with E-state index < -0.39 is 0 Å². The van der Waals surface area contributed by atoms with Gasteiger partial charge < -0.3 is 4.42 Å². The largest absolute Gasteiger partial charge is 0.455 e. The Bertz CT molecular complexity index is 3630. The Hall–Kier alpha value is -7.22. The molecule has 0 saturated heterocycles. The van der Waals surface area contributed by atoms with Crippen LogP contribution in [0.5, 0.6) is 0 Å². The van der Waals surface area contributed by atoms with Gasteiger partial charge in [0.05, 0.1) is 0 Å². The molecular formula is C60H42O. The molecule has 2 aliphatic rings. The Morgan fingerprint density at radius 2 is 0.770 bits per heavy atom. The van der Waals surface area contributed by atoms with Crippen molar-refractivity contribution in [2.45, 2.75) is 38.5 Å². The van der Waals surface area contributed by atoms with Crippen molar-refractivity contribution in [2.24, 2.45) is 0 Å². The minimum absolute atomic E-state index is 0.189. The Balaban J connectivity index is 0.945. The molecule has 288 valence electrons. The summed E-state index contributed by atoms with van der Waals surface area (Å²) in [5.74, 6) is 0. The molecular weight excluding hydrogens is 737 g/mol. The highest BCUT2D eigenvalue weighted by Crippen LogP contribution is 2.58. The zero-order chi connectivity index (χ0) is 40.8. The molecule has 1 nitrogen and oxygen atoms in total. The summed E-state index contributed by atoms with van der Waals surface area (Å²) in [6, 6.07) is 67.7. The molecule has 0 aliphatic heterocycles. The lowest BCUT2D eigenvalue weighted by molar-refractivity contribution is 0.660. The zero-order valence-electron chi connectivity index (χ0n) is 34.7. The van der Waals surface area contributed by atoms with Crippen molar-refractivity contribution >= 4 is 54.3 Å². The lowest BCUT2D eigenvalue weighted by Crippen LogP contribution is -2.16. The molecule has 0 N–H and O–H groups in total. The molecule has 11 aromatic rings. The summed E-state index contributed by atoms with van der Waals surface area (Å²) in [6.07, 6.45) is 0. The minimum Gasteiger partial charge on any atom is -0.455 e. The van der Waals surface area contributed by atoms with Crippen LogP contribution in [0.25, 0.3) is 110 Å². The molecule has 61 heavy (non-hydrogen) atoms. The van der Waals surface area contributed by atoms with Crippen LogP contribution in [0.1, 0.15) is 49.9 Å². The highest BCUT2D eigenvalue weighted by molar-refractivity contribution is 6.25. The molecule has 0 radical (unpaired) electrons. The van der Waals surface area contributed by atoms with Gasteiger partial charge in [-0.25, -0.2) is 0 Å². The van der Waals surface area contributed by atoms with E-state index in [1.54, 1.807) is 0 Å². The van der Waals surface area contributed by atoms with Gasteiger partial charge in [-0.3, -0.25) is 0 Å². The summed E-state index contributed by atoms with van der Waals surface area (Å²) in [5.41, 5.74) is 20.0. The first-order valence-corrected chi connectivity index (χ1v) is 21.6. The van der Waals surface area contributed by atoms with Gasteiger partial charge in [0.2, 0.25) is 0 Å². The molecule has 10 aromatic carbocycles. The molecule has 0 fully saturated rings. The van der Waals surface area contributed by atoms with Crippen molar-refractivity contribution in [3.8, 4) is 55.6 Å². The van der Waals surface area contributed by atoms with Crippen LogP contribution in [0, 0.1) is 0 Å². The van der Waals surface area contributed by atoms with Gasteiger partial charge >= 0.3 is 0 Å². The average molecular weight is 779 g/mol. The van der Waals surface area contributed by atoms with Gasteiger partial charge in [0, 0.05) is 27.0 Å². The molecule has 0 spiro atoms. The quantitative estimate of drug-likeness (QED) is 0.163. The maximum atomic E-state index is 6.65. The predicted molar refractivity (Wildman–Crippen MR) is 258 cm³/mol. The van der Waals surface area contributed by atoms with E-state index in [2.05, 4.69) is 210 Å². The van der Waals surface area contributed by atoms with Gasteiger partial charge in [-0.05, 0) is 129 Å². The number of rotatable bonds is 3. The van der Waals surface area contributed by atoms with E-state index in [9.17, 15) is 0 Å². The first-order valence-electron chi connectivity index (χ1n) is 21.6. The monoisotopic (exact) mass is 778 g/mol. The van der Waals surface area contributed by atoms with Crippen LogP contribution in [-0.4, -0.2) is 0 Å². The van der Waals surface area contributed by atoms with E-state index >= 15 is 0 Å². The van der Waals surface area contributed by atoms with Crippen LogP contribution in [0.4, 0.5) is 0 Å². The molecule has 0 unspecified atom stereocenters. The van der Waals surface area contributed by atoms with Gasteiger partial charge in [0.1, 0.15) is 11.2 Å². The molecule has 0 atom stereocenters. The molecule has 0 amide bonds. The number of fused-ring (bicyclic) bond motifs is 15. The lowest BCUT2D eigenvalue weighted by Gasteiger charge is -2.24. The zero-order valence-corrected chi connectivity index (χ0v) is 34.7. The van der Waals surface area contributed by atoms with Crippen LogP contribution in [0.15, 0.2) is 186 Å². The first kappa shape index (κ1) is 34.6. The second-order valence-corrected chi connectivity index (χ2v) is 18.3. The first-order chi connectivity index (χ1) is 29.8. The number of hydrogen-bond acceptors (Lipinski definition) is 1. The van der Waals surface area contributed by atoms with E-state index in [4.69, 9.17) is 4.42 Å². The van der Waals surface area contributed by atoms with E-state index in [-0.39, 0.29) is 10.8 Å². The highest BCUT2D eigenvalue weighted by Gasteiger charge is 2.40. The van der Waals surface area contributed by atoms with Gasteiger partial charge in [-0.2, -0.15) is 0 Å². The Kier molecular flexibility index (Phi) is 6.91. The number of furan rings is 1. The van der Waals surface area contributed by atoms with Gasteiger partial charge in [-0.1, -0.05) is 185 Å². The third-order valence-electron chi connectivity index (χ3n) is 14.4. The second kappa shape index (κ2) is 12.2. The maximum Gasteiger partial charge on any atom is 0.143 e. The molecule has 1 heteroatoms.